The van der Waals surface area contributed by atoms with Gasteiger partial charge in [0.25, 0.3) is 0 Å². The largest absolute Gasteiger partial charge is 0.360 e. The van der Waals surface area contributed by atoms with Crippen molar-refractivity contribution in [3.63, 3.8) is 0 Å². The highest BCUT2D eigenvalue weighted by atomic mass is 32.1. The summed E-state index contributed by atoms with van der Waals surface area (Å²) >= 11 is 5.49. The molecule has 1 N–H and O–H groups in total. The maximum atomic E-state index is 5.49. The minimum absolute atomic E-state index is 0.690. The molecule has 2 saturated carbocycles. The van der Waals surface area contributed by atoms with Crippen LogP contribution in [-0.2, 0) is 0 Å². The van der Waals surface area contributed by atoms with Crippen molar-refractivity contribution in [2.75, 3.05) is 6.54 Å². The second-order valence-corrected chi connectivity index (χ2v) is 5.19. The second kappa shape index (κ2) is 5.15. The van der Waals surface area contributed by atoms with Gasteiger partial charge in [-0.3, -0.25) is 0 Å². The topological polar surface area (TPSA) is 15.3 Å². The van der Waals surface area contributed by atoms with Gasteiger partial charge in [-0.25, -0.2) is 0 Å². The highest BCUT2D eigenvalue weighted by Gasteiger charge is 2.26. The fourth-order valence-electron chi connectivity index (χ4n) is 2.45. The van der Waals surface area contributed by atoms with Crippen LogP contribution in [0.2, 0.25) is 0 Å². The molecule has 3 heteroatoms. The average Bonchev–Trinajstić information content (AvgIpc) is 3.04. The van der Waals surface area contributed by atoms with E-state index in [-0.39, 0.29) is 0 Å². The molecule has 0 bridgehead atoms. The van der Waals surface area contributed by atoms with Gasteiger partial charge in [0.2, 0.25) is 0 Å². The Hall–Kier alpha value is -0.310. The van der Waals surface area contributed by atoms with Crippen molar-refractivity contribution >= 4 is 17.3 Å². The number of hydrogen-bond donors (Lipinski definition) is 1. The Morgan fingerprint density at radius 2 is 1.87 bits per heavy atom. The lowest BCUT2D eigenvalue weighted by Gasteiger charge is -2.35. The van der Waals surface area contributed by atoms with E-state index in [9.17, 15) is 0 Å². The van der Waals surface area contributed by atoms with E-state index in [2.05, 4.69) is 17.1 Å². The maximum absolute atomic E-state index is 5.49. The number of rotatable bonds is 3. The van der Waals surface area contributed by atoms with E-state index in [1.165, 1.54) is 44.9 Å². The van der Waals surface area contributed by atoms with Gasteiger partial charge in [-0.1, -0.05) is 19.3 Å². The van der Waals surface area contributed by atoms with Gasteiger partial charge in [0, 0.05) is 18.6 Å². The van der Waals surface area contributed by atoms with E-state index in [4.69, 9.17) is 12.2 Å². The minimum atomic E-state index is 0.690. The van der Waals surface area contributed by atoms with Gasteiger partial charge < -0.3 is 10.2 Å². The highest BCUT2D eigenvalue weighted by molar-refractivity contribution is 7.80. The van der Waals surface area contributed by atoms with E-state index in [1.807, 2.05) is 0 Å². The van der Waals surface area contributed by atoms with E-state index >= 15 is 0 Å². The summed E-state index contributed by atoms with van der Waals surface area (Å²) in [6.07, 6.45) is 9.46. The van der Waals surface area contributed by atoms with Crippen LogP contribution in [-0.4, -0.2) is 28.6 Å². The highest BCUT2D eigenvalue weighted by Crippen LogP contribution is 2.24. The fraction of sp³-hybridized carbons (Fsp3) is 0.917. The van der Waals surface area contributed by atoms with Crippen molar-refractivity contribution in [2.45, 2.75) is 64.0 Å². The van der Waals surface area contributed by atoms with E-state index in [0.717, 1.165) is 11.7 Å². The quantitative estimate of drug-likeness (QED) is 0.745. The van der Waals surface area contributed by atoms with Gasteiger partial charge in [-0.05, 0) is 44.8 Å². The Labute approximate surface area is 98.4 Å². The summed E-state index contributed by atoms with van der Waals surface area (Å²) < 4.78 is 0. The SMILES string of the molecule is CCN(C(=S)NC1CC1)C1CCCCC1. The normalized spacial score (nSPS) is 22.5. The third-order valence-corrected chi connectivity index (χ3v) is 3.87. The van der Waals surface area contributed by atoms with Crippen LogP contribution in [0.1, 0.15) is 51.9 Å². The summed E-state index contributed by atoms with van der Waals surface area (Å²) in [4.78, 5) is 2.41. The summed E-state index contributed by atoms with van der Waals surface area (Å²) in [5, 5.41) is 4.47. The number of nitrogens with one attached hydrogen (secondary N) is 1. The molecule has 2 rings (SSSR count). The number of thiocarbonyl (C=S) groups is 1. The smallest absolute Gasteiger partial charge is 0.169 e. The molecular formula is C12H22N2S. The monoisotopic (exact) mass is 226 g/mol. The molecule has 0 atom stereocenters. The lowest BCUT2D eigenvalue weighted by molar-refractivity contribution is 0.249. The molecule has 2 nitrogen and oxygen atoms in total. The van der Waals surface area contributed by atoms with Gasteiger partial charge in [0.1, 0.15) is 0 Å². The van der Waals surface area contributed by atoms with Gasteiger partial charge in [0.15, 0.2) is 5.11 Å². The summed E-state index contributed by atoms with van der Waals surface area (Å²) in [6, 6.07) is 1.40. The van der Waals surface area contributed by atoms with Gasteiger partial charge in [0.05, 0.1) is 0 Å². The molecule has 0 aliphatic heterocycles. The second-order valence-electron chi connectivity index (χ2n) is 4.80. The van der Waals surface area contributed by atoms with Gasteiger partial charge >= 0.3 is 0 Å². The lowest BCUT2D eigenvalue weighted by Crippen LogP contribution is -2.47. The molecule has 0 spiro atoms. The summed E-state index contributed by atoms with van der Waals surface area (Å²) in [5.41, 5.74) is 0. The number of nitrogens with zero attached hydrogens (tertiary/aromatic N) is 1. The zero-order valence-corrected chi connectivity index (χ0v) is 10.5. The van der Waals surface area contributed by atoms with E-state index in [0.29, 0.717) is 12.1 Å². The molecule has 2 aliphatic carbocycles. The molecular weight excluding hydrogens is 204 g/mol. The van der Waals surface area contributed by atoms with Crippen molar-refractivity contribution in [2.24, 2.45) is 0 Å². The first-order valence-corrected chi connectivity index (χ1v) is 6.79. The third kappa shape index (κ3) is 3.07. The Morgan fingerprint density at radius 1 is 1.20 bits per heavy atom. The summed E-state index contributed by atoms with van der Waals surface area (Å²) in [7, 11) is 0. The van der Waals surface area contributed by atoms with Crippen LogP contribution in [0.5, 0.6) is 0 Å². The first-order chi connectivity index (χ1) is 7.31. The van der Waals surface area contributed by atoms with E-state index in [1.54, 1.807) is 0 Å². The molecule has 0 heterocycles. The van der Waals surface area contributed by atoms with Crippen molar-refractivity contribution in [3.8, 4) is 0 Å². The predicted molar refractivity (Wildman–Crippen MR) is 68.0 cm³/mol. The van der Waals surface area contributed by atoms with Crippen LogP contribution in [0.25, 0.3) is 0 Å². The molecule has 15 heavy (non-hydrogen) atoms. The average molecular weight is 226 g/mol. The van der Waals surface area contributed by atoms with Crippen LogP contribution >= 0.6 is 12.2 Å². The maximum Gasteiger partial charge on any atom is 0.169 e. The standard InChI is InChI=1S/C12H22N2S/c1-2-14(11-6-4-3-5-7-11)12(15)13-10-8-9-10/h10-11H,2-9H2,1H3,(H,13,15). The first kappa shape index (κ1) is 11.2. The van der Waals surface area contributed by atoms with Crippen LogP contribution in [0.15, 0.2) is 0 Å². The Balaban J connectivity index is 1.85. The number of hydrogen-bond acceptors (Lipinski definition) is 1. The molecule has 0 saturated heterocycles. The molecule has 0 unspecified atom stereocenters. The molecule has 0 aromatic rings. The van der Waals surface area contributed by atoms with Crippen molar-refractivity contribution in [1.29, 1.82) is 0 Å². The van der Waals surface area contributed by atoms with Crippen LogP contribution in [0.4, 0.5) is 0 Å². The van der Waals surface area contributed by atoms with Gasteiger partial charge in [-0.15, -0.1) is 0 Å². The van der Waals surface area contributed by atoms with Crippen LogP contribution in [0, 0.1) is 0 Å². The zero-order chi connectivity index (χ0) is 10.7. The first-order valence-electron chi connectivity index (χ1n) is 6.38. The fourth-order valence-corrected chi connectivity index (χ4v) is 2.89. The van der Waals surface area contributed by atoms with Gasteiger partial charge in [-0.2, -0.15) is 0 Å². The molecule has 0 aromatic carbocycles. The minimum Gasteiger partial charge on any atom is -0.360 e. The molecule has 0 aromatic heterocycles. The van der Waals surface area contributed by atoms with E-state index < -0.39 is 0 Å². The Morgan fingerprint density at radius 3 is 2.40 bits per heavy atom. The summed E-state index contributed by atoms with van der Waals surface area (Å²) in [6.45, 7) is 3.28. The molecule has 2 fully saturated rings. The van der Waals surface area contributed by atoms with Crippen LogP contribution in [0.3, 0.4) is 0 Å². The van der Waals surface area contributed by atoms with Crippen molar-refractivity contribution in [3.05, 3.63) is 0 Å². The lowest BCUT2D eigenvalue weighted by atomic mass is 9.94. The molecule has 0 amide bonds. The Bertz CT molecular complexity index is 220. The molecule has 2 aliphatic rings. The van der Waals surface area contributed by atoms with Crippen molar-refractivity contribution in [1.82, 2.24) is 10.2 Å². The molecule has 0 radical (unpaired) electrons. The zero-order valence-electron chi connectivity index (χ0n) is 9.67. The molecule has 86 valence electrons. The Kier molecular flexibility index (Phi) is 3.84. The van der Waals surface area contributed by atoms with Crippen LogP contribution < -0.4 is 5.32 Å². The summed E-state index contributed by atoms with van der Waals surface area (Å²) in [5.74, 6) is 0. The van der Waals surface area contributed by atoms with Crippen molar-refractivity contribution < 1.29 is 0 Å². The predicted octanol–water partition coefficient (Wildman–Crippen LogP) is 2.68. The third-order valence-electron chi connectivity index (χ3n) is 3.52.